The average molecular weight is 336 g/mol. The Labute approximate surface area is 143 Å². The van der Waals surface area contributed by atoms with Gasteiger partial charge in [-0.25, -0.2) is 4.79 Å². The molecule has 0 spiro atoms. The molecule has 7 heteroatoms. The van der Waals surface area contributed by atoms with E-state index in [1.54, 1.807) is 11.0 Å². The van der Waals surface area contributed by atoms with Gasteiger partial charge in [-0.05, 0) is 19.3 Å². The van der Waals surface area contributed by atoms with E-state index in [1.165, 1.54) is 12.7 Å². The predicted octanol–water partition coefficient (Wildman–Crippen LogP) is 3.15. The van der Waals surface area contributed by atoms with Crippen molar-refractivity contribution in [3.05, 3.63) is 12.3 Å². The standard InChI is InChI=1S/C17H28N4O3/c1-2-3-7-11-21(13-16(22)19-15-10-12-24-20-15)17(23)18-14-8-5-4-6-9-14/h10,12,14H,2-9,11,13H2,1H3,(H,18,23)(H,19,20,22). The molecule has 1 aliphatic carbocycles. The van der Waals surface area contributed by atoms with Gasteiger partial charge in [0.25, 0.3) is 0 Å². The maximum absolute atomic E-state index is 12.5. The molecule has 1 saturated carbocycles. The molecule has 1 aromatic rings. The van der Waals surface area contributed by atoms with Crippen LogP contribution in [0.15, 0.2) is 16.9 Å². The van der Waals surface area contributed by atoms with E-state index in [0.29, 0.717) is 12.4 Å². The first kappa shape index (κ1) is 18.3. The zero-order valence-corrected chi connectivity index (χ0v) is 14.4. The molecule has 0 atom stereocenters. The number of hydrogen-bond acceptors (Lipinski definition) is 4. The third-order valence-electron chi connectivity index (χ3n) is 4.29. The Kier molecular flexibility index (Phi) is 7.58. The fourth-order valence-electron chi connectivity index (χ4n) is 2.95. The molecule has 1 aromatic heterocycles. The van der Waals surface area contributed by atoms with Crippen LogP contribution in [-0.4, -0.2) is 41.1 Å². The van der Waals surface area contributed by atoms with E-state index in [-0.39, 0.29) is 24.5 Å². The number of hydrogen-bond donors (Lipinski definition) is 2. The first-order chi connectivity index (χ1) is 11.7. The lowest BCUT2D eigenvalue weighted by atomic mass is 9.96. The number of rotatable bonds is 8. The smallest absolute Gasteiger partial charge is 0.318 e. The van der Waals surface area contributed by atoms with E-state index < -0.39 is 0 Å². The van der Waals surface area contributed by atoms with E-state index in [4.69, 9.17) is 4.52 Å². The van der Waals surface area contributed by atoms with Crippen LogP contribution in [0.5, 0.6) is 0 Å². The van der Waals surface area contributed by atoms with Crippen LogP contribution in [0.4, 0.5) is 10.6 Å². The second kappa shape index (κ2) is 9.95. The number of aromatic nitrogens is 1. The van der Waals surface area contributed by atoms with Crippen molar-refractivity contribution in [1.29, 1.82) is 0 Å². The minimum absolute atomic E-state index is 0.0229. The largest absolute Gasteiger partial charge is 0.363 e. The number of unbranched alkanes of at least 4 members (excludes halogenated alkanes) is 2. The summed E-state index contributed by atoms with van der Waals surface area (Å²) in [6.07, 6.45) is 10.0. The molecular formula is C17H28N4O3. The van der Waals surface area contributed by atoms with Crippen molar-refractivity contribution in [2.45, 2.75) is 64.3 Å². The second-order valence-electron chi connectivity index (χ2n) is 6.35. The van der Waals surface area contributed by atoms with E-state index >= 15 is 0 Å². The fraction of sp³-hybridized carbons (Fsp3) is 0.706. The third kappa shape index (κ3) is 6.22. The van der Waals surface area contributed by atoms with Gasteiger partial charge >= 0.3 is 6.03 Å². The minimum Gasteiger partial charge on any atom is -0.363 e. The van der Waals surface area contributed by atoms with Gasteiger partial charge in [-0.15, -0.1) is 0 Å². The van der Waals surface area contributed by atoms with Crippen molar-refractivity contribution >= 4 is 17.8 Å². The van der Waals surface area contributed by atoms with Gasteiger partial charge in [0, 0.05) is 18.7 Å². The Morgan fingerprint density at radius 1 is 1.29 bits per heavy atom. The summed E-state index contributed by atoms with van der Waals surface area (Å²) in [6.45, 7) is 2.72. The molecule has 0 bridgehead atoms. The normalized spacial score (nSPS) is 15.0. The molecule has 0 unspecified atom stereocenters. The number of amides is 3. The van der Waals surface area contributed by atoms with E-state index in [9.17, 15) is 9.59 Å². The van der Waals surface area contributed by atoms with Gasteiger partial charge in [0.15, 0.2) is 5.82 Å². The van der Waals surface area contributed by atoms with Gasteiger partial charge < -0.3 is 20.1 Å². The van der Waals surface area contributed by atoms with Crippen molar-refractivity contribution in [2.75, 3.05) is 18.4 Å². The highest BCUT2D eigenvalue weighted by Crippen LogP contribution is 2.17. The summed E-state index contributed by atoms with van der Waals surface area (Å²) in [6, 6.07) is 1.66. The molecule has 1 fully saturated rings. The first-order valence-corrected chi connectivity index (χ1v) is 8.94. The number of nitrogens with zero attached hydrogens (tertiary/aromatic N) is 2. The van der Waals surface area contributed by atoms with Crippen LogP contribution < -0.4 is 10.6 Å². The van der Waals surface area contributed by atoms with Crippen molar-refractivity contribution in [1.82, 2.24) is 15.4 Å². The van der Waals surface area contributed by atoms with Crippen molar-refractivity contribution in [3.8, 4) is 0 Å². The zero-order chi connectivity index (χ0) is 17.2. The molecule has 24 heavy (non-hydrogen) atoms. The van der Waals surface area contributed by atoms with Crippen molar-refractivity contribution in [3.63, 3.8) is 0 Å². The van der Waals surface area contributed by atoms with Crippen LogP contribution in [0.2, 0.25) is 0 Å². The van der Waals surface area contributed by atoms with Crippen LogP contribution in [0.25, 0.3) is 0 Å². The molecule has 1 aliphatic rings. The molecule has 2 N–H and O–H groups in total. The summed E-state index contributed by atoms with van der Waals surface area (Å²) >= 11 is 0. The molecule has 0 aliphatic heterocycles. The van der Waals surface area contributed by atoms with E-state index in [0.717, 1.165) is 44.9 Å². The first-order valence-electron chi connectivity index (χ1n) is 8.94. The Morgan fingerprint density at radius 3 is 2.75 bits per heavy atom. The highest BCUT2D eigenvalue weighted by atomic mass is 16.5. The second-order valence-corrected chi connectivity index (χ2v) is 6.35. The lowest BCUT2D eigenvalue weighted by molar-refractivity contribution is -0.116. The molecular weight excluding hydrogens is 308 g/mol. The van der Waals surface area contributed by atoms with E-state index in [2.05, 4.69) is 22.7 Å². The fourth-order valence-corrected chi connectivity index (χ4v) is 2.95. The van der Waals surface area contributed by atoms with Crippen LogP contribution in [0, 0.1) is 0 Å². The third-order valence-corrected chi connectivity index (χ3v) is 4.29. The lowest BCUT2D eigenvalue weighted by Crippen LogP contribution is -2.48. The summed E-state index contributed by atoms with van der Waals surface area (Å²) in [5.41, 5.74) is 0. The van der Waals surface area contributed by atoms with Gasteiger partial charge in [-0.3, -0.25) is 4.79 Å². The molecule has 3 amide bonds. The molecule has 0 aromatic carbocycles. The Hall–Kier alpha value is -2.05. The Bertz CT molecular complexity index is 498. The number of nitrogens with one attached hydrogen (secondary N) is 2. The Morgan fingerprint density at radius 2 is 2.08 bits per heavy atom. The average Bonchev–Trinajstić information content (AvgIpc) is 3.08. The van der Waals surface area contributed by atoms with Gasteiger partial charge in [-0.1, -0.05) is 44.2 Å². The molecule has 7 nitrogen and oxygen atoms in total. The molecule has 134 valence electrons. The summed E-state index contributed by atoms with van der Waals surface area (Å²) in [7, 11) is 0. The highest BCUT2D eigenvalue weighted by molar-refractivity contribution is 5.93. The maximum Gasteiger partial charge on any atom is 0.318 e. The molecule has 1 heterocycles. The maximum atomic E-state index is 12.5. The topological polar surface area (TPSA) is 87.5 Å². The molecule has 2 rings (SSSR count). The summed E-state index contributed by atoms with van der Waals surface area (Å²) in [5, 5.41) is 9.37. The summed E-state index contributed by atoms with van der Waals surface area (Å²) in [4.78, 5) is 26.3. The van der Waals surface area contributed by atoms with E-state index in [1.807, 2.05) is 0 Å². The number of anilines is 1. The van der Waals surface area contributed by atoms with Crippen LogP contribution in [-0.2, 0) is 4.79 Å². The van der Waals surface area contributed by atoms with Gasteiger partial charge in [0.2, 0.25) is 5.91 Å². The highest BCUT2D eigenvalue weighted by Gasteiger charge is 2.21. The van der Waals surface area contributed by atoms with Crippen LogP contribution >= 0.6 is 0 Å². The quantitative estimate of drug-likeness (QED) is 0.714. The zero-order valence-electron chi connectivity index (χ0n) is 14.4. The van der Waals surface area contributed by atoms with Crippen molar-refractivity contribution in [2.24, 2.45) is 0 Å². The summed E-state index contributed by atoms with van der Waals surface area (Å²) < 4.78 is 4.69. The van der Waals surface area contributed by atoms with Gasteiger partial charge in [0.1, 0.15) is 12.8 Å². The predicted molar refractivity (Wildman–Crippen MR) is 91.6 cm³/mol. The van der Waals surface area contributed by atoms with Gasteiger partial charge in [0.05, 0.1) is 0 Å². The van der Waals surface area contributed by atoms with Crippen LogP contribution in [0.1, 0.15) is 58.3 Å². The number of urea groups is 1. The Balaban J connectivity index is 1.86. The number of carbonyl (C=O) groups is 2. The molecule has 0 saturated heterocycles. The van der Waals surface area contributed by atoms with Gasteiger partial charge in [-0.2, -0.15) is 0 Å². The summed E-state index contributed by atoms with van der Waals surface area (Å²) in [5.74, 6) is 0.0976. The van der Waals surface area contributed by atoms with Crippen LogP contribution in [0.3, 0.4) is 0 Å². The lowest BCUT2D eigenvalue weighted by Gasteiger charge is -2.28. The SMILES string of the molecule is CCCCCN(CC(=O)Nc1ccon1)C(=O)NC1CCCCC1. The minimum atomic E-state index is -0.265. The monoisotopic (exact) mass is 336 g/mol. The molecule has 0 radical (unpaired) electrons. The van der Waals surface area contributed by atoms with Crippen molar-refractivity contribution < 1.29 is 14.1 Å². The number of carbonyl (C=O) groups excluding carboxylic acids is 2.